The van der Waals surface area contributed by atoms with Gasteiger partial charge < -0.3 is 14.5 Å². The minimum absolute atomic E-state index is 0.316. The van der Waals surface area contributed by atoms with Crippen LogP contribution in [-0.4, -0.2) is 72.0 Å². The van der Waals surface area contributed by atoms with E-state index in [2.05, 4.69) is 14.9 Å². The Labute approximate surface area is 181 Å². The topological polar surface area (TPSA) is 78.3 Å². The highest BCUT2D eigenvalue weighted by atomic mass is 35.5. The minimum atomic E-state index is -1.01. The standard InChI is InChI=1S/C21H26ClN5O3/c1-5-8-23-18-17(14(2)3)19(28)27(16-7-6-15(22)13-24-16)20(18)30-21(29)26-11-9-25(4)10-12-26/h5-8,13,20H,9-12H2,1-4H3/b8-5-,23-18?/t20-/m0/s1. The first kappa shape index (κ1) is 22.0. The highest BCUT2D eigenvalue weighted by Crippen LogP contribution is 2.31. The second kappa shape index (κ2) is 9.40. The molecule has 2 saturated heterocycles. The van der Waals surface area contributed by atoms with Gasteiger partial charge in [0.1, 0.15) is 11.5 Å². The highest BCUT2D eigenvalue weighted by Gasteiger charge is 2.46. The minimum Gasteiger partial charge on any atom is -0.419 e. The zero-order valence-electron chi connectivity index (χ0n) is 17.6. The lowest BCUT2D eigenvalue weighted by molar-refractivity contribution is -0.115. The molecular formula is C21H26ClN5O3. The third kappa shape index (κ3) is 4.55. The van der Waals surface area contributed by atoms with E-state index in [0.717, 1.165) is 18.7 Å². The van der Waals surface area contributed by atoms with Crippen LogP contribution in [0.5, 0.6) is 0 Å². The van der Waals surface area contributed by atoms with Crippen molar-refractivity contribution in [2.45, 2.75) is 27.0 Å². The van der Waals surface area contributed by atoms with E-state index in [-0.39, 0.29) is 5.91 Å². The molecule has 0 aromatic carbocycles. The average Bonchev–Trinajstić information content (AvgIpc) is 2.98. The number of anilines is 1. The number of pyridine rings is 1. The lowest BCUT2D eigenvalue weighted by atomic mass is 10.1. The fourth-order valence-electron chi connectivity index (χ4n) is 3.34. The van der Waals surface area contributed by atoms with Crippen LogP contribution in [0, 0.1) is 0 Å². The molecule has 1 aromatic rings. The van der Waals surface area contributed by atoms with Crippen LogP contribution in [0.3, 0.4) is 0 Å². The molecule has 160 valence electrons. The molecule has 8 nitrogen and oxygen atoms in total. The number of likely N-dealkylation sites (N-methyl/N-ethyl adjacent to an activating group) is 1. The second-order valence-corrected chi connectivity index (χ2v) is 7.84. The number of piperazine rings is 1. The Balaban J connectivity index is 2.00. The van der Waals surface area contributed by atoms with Gasteiger partial charge in [0, 0.05) is 38.6 Å². The van der Waals surface area contributed by atoms with Crippen LogP contribution >= 0.6 is 11.6 Å². The Bertz CT molecular complexity index is 898. The van der Waals surface area contributed by atoms with Gasteiger partial charge in [-0.05, 0) is 40.0 Å². The Hall–Kier alpha value is -2.71. The van der Waals surface area contributed by atoms with Crippen molar-refractivity contribution in [2.24, 2.45) is 4.99 Å². The van der Waals surface area contributed by atoms with Crippen molar-refractivity contribution < 1.29 is 14.3 Å². The van der Waals surface area contributed by atoms with E-state index in [9.17, 15) is 9.59 Å². The van der Waals surface area contributed by atoms with Gasteiger partial charge in [-0.3, -0.25) is 9.79 Å². The maximum atomic E-state index is 13.3. The molecule has 2 amide bonds. The van der Waals surface area contributed by atoms with Crippen molar-refractivity contribution >= 4 is 35.1 Å². The normalized spacial score (nSPS) is 21.8. The van der Waals surface area contributed by atoms with E-state index in [1.807, 2.05) is 27.8 Å². The molecule has 0 N–H and O–H groups in total. The summed E-state index contributed by atoms with van der Waals surface area (Å²) in [7, 11) is 2.01. The Morgan fingerprint density at radius 3 is 2.53 bits per heavy atom. The summed E-state index contributed by atoms with van der Waals surface area (Å²) in [6.45, 7) is 8.14. The number of carbonyl (C=O) groups is 2. The first-order valence-electron chi connectivity index (χ1n) is 9.79. The van der Waals surface area contributed by atoms with E-state index < -0.39 is 12.3 Å². The summed E-state index contributed by atoms with van der Waals surface area (Å²) in [5.74, 6) is 0.0225. The molecule has 0 unspecified atom stereocenters. The van der Waals surface area contributed by atoms with Crippen LogP contribution < -0.4 is 4.90 Å². The third-order valence-corrected chi connectivity index (χ3v) is 5.18. The van der Waals surface area contributed by atoms with Crippen LogP contribution in [0.1, 0.15) is 20.8 Å². The van der Waals surface area contributed by atoms with Crippen molar-refractivity contribution in [3.05, 3.63) is 46.8 Å². The molecular weight excluding hydrogens is 406 g/mol. The molecule has 2 fully saturated rings. The number of ether oxygens (including phenoxy) is 1. The number of aromatic nitrogens is 1. The van der Waals surface area contributed by atoms with Gasteiger partial charge in [0.05, 0.1) is 10.6 Å². The predicted molar refractivity (Wildman–Crippen MR) is 117 cm³/mol. The molecule has 1 atom stereocenters. The number of amides is 2. The molecule has 0 bridgehead atoms. The summed E-state index contributed by atoms with van der Waals surface area (Å²) in [5, 5.41) is 0.446. The first-order chi connectivity index (χ1) is 14.3. The van der Waals surface area contributed by atoms with Gasteiger partial charge >= 0.3 is 6.09 Å². The number of nitrogens with zero attached hydrogens (tertiary/aromatic N) is 5. The fourth-order valence-corrected chi connectivity index (χ4v) is 3.45. The van der Waals surface area contributed by atoms with E-state index >= 15 is 0 Å². The van der Waals surface area contributed by atoms with Crippen molar-refractivity contribution in [3.63, 3.8) is 0 Å². The molecule has 0 aliphatic carbocycles. The van der Waals surface area contributed by atoms with E-state index in [4.69, 9.17) is 16.3 Å². The van der Waals surface area contributed by atoms with Crippen molar-refractivity contribution in [1.82, 2.24) is 14.8 Å². The Morgan fingerprint density at radius 1 is 1.27 bits per heavy atom. The van der Waals surface area contributed by atoms with E-state index in [1.165, 1.54) is 11.1 Å². The lowest BCUT2D eigenvalue weighted by Gasteiger charge is -2.33. The van der Waals surface area contributed by atoms with Crippen LogP contribution in [-0.2, 0) is 9.53 Å². The quantitative estimate of drug-likeness (QED) is 0.687. The van der Waals surface area contributed by atoms with Gasteiger partial charge in [-0.2, -0.15) is 0 Å². The van der Waals surface area contributed by atoms with Gasteiger partial charge in [0.15, 0.2) is 0 Å². The zero-order chi connectivity index (χ0) is 21.8. The van der Waals surface area contributed by atoms with Gasteiger partial charge in [0.2, 0.25) is 6.23 Å². The largest absolute Gasteiger partial charge is 0.419 e. The summed E-state index contributed by atoms with van der Waals surface area (Å²) < 4.78 is 5.85. The molecule has 0 saturated carbocycles. The monoisotopic (exact) mass is 431 g/mol. The van der Waals surface area contributed by atoms with Crippen LogP contribution in [0.4, 0.5) is 10.6 Å². The summed E-state index contributed by atoms with van der Waals surface area (Å²) in [5.41, 5.74) is 1.58. The number of hydrogen-bond acceptors (Lipinski definition) is 6. The van der Waals surface area contributed by atoms with E-state index in [0.29, 0.717) is 35.2 Å². The van der Waals surface area contributed by atoms with E-state index in [1.54, 1.807) is 29.3 Å². The highest BCUT2D eigenvalue weighted by molar-refractivity contribution is 6.35. The fraction of sp³-hybridized carbons (Fsp3) is 0.429. The Morgan fingerprint density at radius 2 is 1.97 bits per heavy atom. The maximum absolute atomic E-state index is 13.3. The smallest absolute Gasteiger partial charge is 0.412 e. The molecule has 9 heteroatoms. The number of allylic oxidation sites excluding steroid dienone is 2. The van der Waals surface area contributed by atoms with Crippen molar-refractivity contribution in [1.29, 1.82) is 0 Å². The molecule has 30 heavy (non-hydrogen) atoms. The molecule has 0 radical (unpaired) electrons. The molecule has 3 rings (SSSR count). The molecule has 0 spiro atoms. The van der Waals surface area contributed by atoms with Crippen LogP contribution in [0.2, 0.25) is 5.02 Å². The van der Waals surface area contributed by atoms with Gasteiger partial charge in [-0.1, -0.05) is 23.3 Å². The lowest BCUT2D eigenvalue weighted by Crippen LogP contribution is -2.50. The summed E-state index contributed by atoms with van der Waals surface area (Å²) in [6.07, 6.45) is 3.29. The van der Waals surface area contributed by atoms with Gasteiger partial charge in [-0.15, -0.1) is 0 Å². The van der Waals surface area contributed by atoms with Crippen molar-refractivity contribution in [3.8, 4) is 0 Å². The first-order valence-corrected chi connectivity index (χ1v) is 10.2. The van der Waals surface area contributed by atoms with Gasteiger partial charge in [0.25, 0.3) is 5.91 Å². The Kier molecular flexibility index (Phi) is 6.89. The number of halogens is 1. The molecule has 3 heterocycles. The van der Waals surface area contributed by atoms with Crippen LogP contribution in [0.15, 0.2) is 46.7 Å². The van der Waals surface area contributed by atoms with Crippen LogP contribution in [0.25, 0.3) is 0 Å². The summed E-state index contributed by atoms with van der Waals surface area (Å²) in [6, 6.07) is 3.26. The van der Waals surface area contributed by atoms with Gasteiger partial charge in [-0.25, -0.2) is 14.7 Å². The zero-order valence-corrected chi connectivity index (χ0v) is 18.4. The number of rotatable bonds is 3. The molecule has 1 aromatic heterocycles. The number of hydrogen-bond donors (Lipinski definition) is 0. The predicted octanol–water partition coefficient (Wildman–Crippen LogP) is 3.10. The second-order valence-electron chi connectivity index (χ2n) is 7.41. The number of aliphatic imine (C=N–C) groups is 1. The molecule has 2 aliphatic heterocycles. The number of carbonyl (C=O) groups excluding carboxylic acids is 2. The summed E-state index contributed by atoms with van der Waals surface area (Å²) >= 11 is 5.96. The van der Waals surface area contributed by atoms with Crippen molar-refractivity contribution in [2.75, 3.05) is 38.1 Å². The summed E-state index contributed by atoms with van der Waals surface area (Å²) in [4.78, 5) is 40.1. The SMILES string of the molecule is C/C=C\N=C1C(=C(C)C)C(=O)N(c2ccc(Cl)cn2)[C@H]1OC(=O)N1CCN(C)CC1. The average molecular weight is 432 g/mol. The maximum Gasteiger partial charge on any atom is 0.412 e. The molecule has 2 aliphatic rings. The third-order valence-electron chi connectivity index (χ3n) is 4.95.